The average Bonchev–Trinajstić information content (AvgIpc) is 2.48. The summed E-state index contributed by atoms with van der Waals surface area (Å²) in [5, 5.41) is 0.749. The molecule has 1 heterocycles. The Morgan fingerprint density at radius 3 is 2.45 bits per heavy atom. The highest BCUT2D eigenvalue weighted by atomic mass is 16.5. The Morgan fingerprint density at radius 1 is 1.18 bits per heavy atom. The van der Waals surface area contributed by atoms with Crippen molar-refractivity contribution in [3.8, 4) is 0 Å². The molecule has 22 heavy (non-hydrogen) atoms. The van der Waals surface area contributed by atoms with Crippen molar-refractivity contribution < 1.29 is 13.9 Å². The topological polar surface area (TPSA) is 59.8 Å². The van der Waals surface area contributed by atoms with Crippen molar-refractivity contribution in [2.75, 3.05) is 24.6 Å². The summed E-state index contributed by atoms with van der Waals surface area (Å²) in [5.41, 5.74) is 1.71. The quantitative estimate of drug-likeness (QED) is 0.627. The van der Waals surface area contributed by atoms with Crippen LogP contribution in [0.2, 0.25) is 0 Å². The number of esters is 1. The predicted octanol–water partition coefficient (Wildman–Crippen LogP) is 3.12. The molecule has 0 atom stereocenters. The smallest absolute Gasteiger partial charge is 0.351 e. The molecule has 0 aliphatic carbocycles. The van der Waals surface area contributed by atoms with Crippen LogP contribution in [-0.4, -0.2) is 25.7 Å². The standard InChI is InChI=1S/C17H21NO4/c1-5-18(6-2)12-8-11(4)13-10-14(16(19)21-7-3)17(20)22-15(13)9-12/h8-10H,5-7H2,1-4H3. The number of anilines is 1. The van der Waals surface area contributed by atoms with Crippen molar-refractivity contribution in [3.63, 3.8) is 0 Å². The molecule has 1 aromatic heterocycles. The monoisotopic (exact) mass is 303 g/mol. The van der Waals surface area contributed by atoms with E-state index < -0.39 is 11.6 Å². The number of hydrogen-bond acceptors (Lipinski definition) is 5. The Morgan fingerprint density at radius 2 is 1.86 bits per heavy atom. The van der Waals surface area contributed by atoms with Crippen molar-refractivity contribution >= 4 is 22.6 Å². The lowest BCUT2D eigenvalue weighted by molar-refractivity contribution is 0.0522. The van der Waals surface area contributed by atoms with Crippen LogP contribution in [-0.2, 0) is 4.74 Å². The Labute approximate surface area is 129 Å². The molecule has 1 aromatic carbocycles. The van der Waals surface area contributed by atoms with E-state index in [9.17, 15) is 9.59 Å². The fourth-order valence-electron chi connectivity index (χ4n) is 2.50. The van der Waals surface area contributed by atoms with E-state index in [0.29, 0.717) is 5.58 Å². The van der Waals surface area contributed by atoms with Crippen LogP contribution in [0.1, 0.15) is 36.7 Å². The van der Waals surface area contributed by atoms with Gasteiger partial charge < -0.3 is 14.1 Å². The van der Waals surface area contributed by atoms with Crippen LogP contribution < -0.4 is 10.5 Å². The summed E-state index contributed by atoms with van der Waals surface area (Å²) in [6.07, 6.45) is 0. The number of nitrogens with zero attached hydrogens (tertiary/aromatic N) is 1. The Balaban J connectivity index is 2.60. The van der Waals surface area contributed by atoms with Gasteiger partial charge in [0.25, 0.3) is 0 Å². The van der Waals surface area contributed by atoms with Crippen molar-refractivity contribution in [1.29, 1.82) is 0 Å². The van der Waals surface area contributed by atoms with Crippen LogP contribution in [0.4, 0.5) is 5.69 Å². The highest BCUT2D eigenvalue weighted by Gasteiger charge is 2.16. The minimum atomic E-state index is -0.665. The number of fused-ring (bicyclic) bond motifs is 1. The van der Waals surface area contributed by atoms with Gasteiger partial charge in [-0.2, -0.15) is 0 Å². The molecular formula is C17H21NO4. The molecule has 0 saturated heterocycles. The summed E-state index contributed by atoms with van der Waals surface area (Å²) in [7, 11) is 0. The van der Waals surface area contributed by atoms with Gasteiger partial charge in [-0.25, -0.2) is 9.59 Å². The van der Waals surface area contributed by atoms with Gasteiger partial charge in [-0.1, -0.05) is 0 Å². The molecule has 0 aliphatic rings. The number of aryl methyl sites for hydroxylation is 1. The lowest BCUT2D eigenvalue weighted by Crippen LogP contribution is -2.22. The van der Waals surface area contributed by atoms with E-state index in [1.807, 2.05) is 19.1 Å². The van der Waals surface area contributed by atoms with Crippen molar-refractivity contribution in [1.82, 2.24) is 0 Å². The Kier molecular flexibility index (Phi) is 4.85. The maximum absolute atomic E-state index is 12.0. The first-order chi connectivity index (χ1) is 10.5. The summed E-state index contributed by atoms with van der Waals surface area (Å²) < 4.78 is 10.2. The van der Waals surface area contributed by atoms with Crippen molar-refractivity contribution in [2.24, 2.45) is 0 Å². The molecule has 118 valence electrons. The Hall–Kier alpha value is -2.30. The van der Waals surface area contributed by atoms with Crippen molar-refractivity contribution in [2.45, 2.75) is 27.7 Å². The SMILES string of the molecule is CCOC(=O)c1cc2c(C)cc(N(CC)CC)cc2oc1=O. The van der Waals surface area contributed by atoms with Crippen LogP contribution >= 0.6 is 0 Å². The van der Waals surface area contributed by atoms with E-state index in [-0.39, 0.29) is 12.2 Å². The van der Waals surface area contributed by atoms with Gasteiger partial charge in [-0.3, -0.25) is 0 Å². The maximum atomic E-state index is 12.0. The second-order valence-corrected chi connectivity index (χ2v) is 5.01. The fraction of sp³-hybridized carbons (Fsp3) is 0.412. The van der Waals surface area contributed by atoms with Crippen LogP contribution in [0.3, 0.4) is 0 Å². The zero-order chi connectivity index (χ0) is 16.3. The van der Waals surface area contributed by atoms with E-state index in [1.54, 1.807) is 13.0 Å². The summed E-state index contributed by atoms with van der Waals surface area (Å²) in [6, 6.07) is 5.43. The molecule has 5 nitrogen and oxygen atoms in total. The summed E-state index contributed by atoms with van der Waals surface area (Å²) in [6.45, 7) is 9.73. The van der Waals surface area contributed by atoms with Gasteiger partial charge in [0, 0.05) is 30.2 Å². The van der Waals surface area contributed by atoms with E-state index in [0.717, 1.165) is 29.7 Å². The molecule has 0 amide bonds. The average molecular weight is 303 g/mol. The van der Waals surface area contributed by atoms with E-state index in [1.165, 1.54) is 0 Å². The highest BCUT2D eigenvalue weighted by molar-refractivity contribution is 5.94. The number of ether oxygens (including phenoxy) is 1. The molecule has 2 rings (SSSR count). The summed E-state index contributed by atoms with van der Waals surface area (Å²) >= 11 is 0. The van der Waals surface area contributed by atoms with Gasteiger partial charge >= 0.3 is 11.6 Å². The van der Waals surface area contributed by atoms with E-state index in [2.05, 4.69) is 18.7 Å². The van der Waals surface area contributed by atoms with Crippen LogP contribution in [0.15, 0.2) is 27.4 Å². The molecular weight excluding hydrogens is 282 g/mol. The number of benzene rings is 1. The van der Waals surface area contributed by atoms with Gasteiger partial charge in [-0.15, -0.1) is 0 Å². The number of rotatable bonds is 5. The minimum Gasteiger partial charge on any atom is -0.462 e. The molecule has 0 radical (unpaired) electrons. The maximum Gasteiger partial charge on any atom is 0.351 e. The van der Waals surface area contributed by atoms with Crippen LogP contribution in [0.5, 0.6) is 0 Å². The van der Waals surface area contributed by atoms with Crippen LogP contribution in [0, 0.1) is 6.92 Å². The first-order valence-electron chi connectivity index (χ1n) is 7.52. The van der Waals surface area contributed by atoms with Crippen molar-refractivity contribution in [3.05, 3.63) is 39.7 Å². The molecule has 0 bridgehead atoms. The number of carbonyl (C=O) groups is 1. The number of carbonyl (C=O) groups excluding carboxylic acids is 1. The van der Waals surface area contributed by atoms with E-state index >= 15 is 0 Å². The van der Waals surface area contributed by atoms with Gasteiger partial charge in [0.05, 0.1) is 6.61 Å². The zero-order valence-corrected chi connectivity index (χ0v) is 13.4. The largest absolute Gasteiger partial charge is 0.462 e. The second-order valence-electron chi connectivity index (χ2n) is 5.01. The zero-order valence-electron chi connectivity index (χ0n) is 13.4. The molecule has 0 aliphatic heterocycles. The number of hydrogen-bond donors (Lipinski definition) is 0. The molecule has 0 spiro atoms. The van der Waals surface area contributed by atoms with Gasteiger partial charge in [-0.05, 0) is 45.4 Å². The molecule has 0 N–H and O–H groups in total. The Bertz CT molecular complexity index is 744. The molecule has 2 aromatic rings. The second kappa shape index (κ2) is 6.64. The third-order valence-electron chi connectivity index (χ3n) is 3.67. The van der Waals surface area contributed by atoms with Gasteiger partial charge in [0.15, 0.2) is 0 Å². The summed E-state index contributed by atoms with van der Waals surface area (Å²) in [5.74, 6) is -0.648. The highest BCUT2D eigenvalue weighted by Crippen LogP contribution is 2.26. The molecule has 5 heteroatoms. The summed E-state index contributed by atoms with van der Waals surface area (Å²) in [4.78, 5) is 26.0. The fourth-order valence-corrected chi connectivity index (χ4v) is 2.50. The molecule has 0 fully saturated rings. The van der Waals surface area contributed by atoms with Gasteiger partial charge in [0.2, 0.25) is 0 Å². The third kappa shape index (κ3) is 2.98. The first-order valence-corrected chi connectivity index (χ1v) is 7.52. The molecule has 0 saturated carbocycles. The minimum absolute atomic E-state index is 0.0620. The lowest BCUT2D eigenvalue weighted by Gasteiger charge is -2.21. The van der Waals surface area contributed by atoms with Crippen LogP contribution in [0.25, 0.3) is 11.0 Å². The third-order valence-corrected chi connectivity index (χ3v) is 3.67. The van der Waals surface area contributed by atoms with Gasteiger partial charge in [0.1, 0.15) is 11.1 Å². The van der Waals surface area contributed by atoms with E-state index in [4.69, 9.17) is 9.15 Å². The lowest BCUT2D eigenvalue weighted by atomic mass is 10.1. The molecule has 0 unspecified atom stereocenters. The first kappa shape index (κ1) is 16.1. The predicted molar refractivity (Wildman–Crippen MR) is 86.7 cm³/mol. The normalized spacial score (nSPS) is 10.7.